The smallest absolute Gasteiger partial charge is 0.165 e. The average molecular weight is 285 g/mol. The monoisotopic (exact) mass is 285 g/mol. The second-order valence-electron chi connectivity index (χ2n) is 4.36. The molecular formula is C15H24FNO3. The Morgan fingerprint density at radius 1 is 1.15 bits per heavy atom. The maximum absolute atomic E-state index is 13.8. The maximum Gasteiger partial charge on any atom is 0.165 e. The lowest BCUT2D eigenvalue weighted by atomic mass is 10.2. The second kappa shape index (κ2) is 10.6. The Hall–Kier alpha value is -1.17. The Morgan fingerprint density at radius 3 is 2.70 bits per heavy atom. The van der Waals surface area contributed by atoms with Crippen LogP contribution >= 0.6 is 0 Å². The fraction of sp³-hybridized carbons (Fsp3) is 0.600. The van der Waals surface area contributed by atoms with E-state index in [9.17, 15) is 4.39 Å². The number of methoxy groups -OCH3 is 1. The van der Waals surface area contributed by atoms with E-state index in [-0.39, 0.29) is 5.82 Å². The summed E-state index contributed by atoms with van der Waals surface area (Å²) in [6, 6.07) is 4.97. The van der Waals surface area contributed by atoms with Crippen LogP contribution in [0, 0.1) is 5.82 Å². The quantitative estimate of drug-likeness (QED) is 0.634. The summed E-state index contributed by atoms with van der Waals surface area (Å²) in [5.41, 5.74) is 0.829. The van der Waals surface area contributed by atoms with Crippen LogP contribution in [0.4, 0.5) is 4.39 Å². The molecule has 1 N–H and O–H groups in total. The van der Waals surface area contributed by atoms with Crippen molar-refractivity contribution in [2.24, 2.45) is 0 Å². The van der Waals surface area contributed by atoms with Crippen molar-refractivity contribution in [3.63, 3.8) is 0 Å². The summed E-state index contributed by atoms with van der Waals surface area (Å²) in [7, 11) is 1.62. The molecule has 0 radical (unpaired) electrons. The van der Waals surface area contributed by atoms with Gasteiger partial charge in [-0.3, -0.25) is 0 Å². The minimum atomic E-state index is -0.335. The number of halogens is 1. The van der Waals surface area contributed by atoms with Crippen LogP contribution in [-0.2, 0) is 16.0 Å². The first-order chi connectivity index (χ1) is 9.79. The molecule has 1 rings (SSSR count). The van der Waals surface area contributed by atoms with Gasteiger partial charge in [-0.25, -0.2) is 4.39 Å². The summed E-state index contributed by atoms with van der Waals surface area (Å²) in [5, 5.41) is 3.24. The Morgan fingerprint density at radius 2 is 1.95 bits per heavy atom. The molecule has 0 unspecified atom stereocenters. The number of rotatable bonds is 11. The van der Waals surface area contributed by atoms with Crippen LogP contribution in [-0.4, -0.2) is 40.1 Å². The van der Waals surface area contributed by atoms with E-state index >= 15 is 0 Å². The van der Waals surface area contributed by atoms with E-state index in [1.165, 1.54) is 6.07 Å². The van der Waals surface area contributed by atoms with E-state index in [2.05, 4.69) is 12.2 Å². The van der Waals surface area contributed by atoms with Crippen LogP contribution in [0.5, 0.6) is 5.75 Å². The van der Waals surface area contributed by atoms with Crippen molar-refractivity contribution in [1.29, 1.82) is 0 Å². The van der Waals surface area contributed by atoms with E-state index in [4.69, 9.17) is 14.2 Å². The van der Waals surface area contributed by atoms with Crippen LogP contribution in [0.1, 0.15) is 18.9 Å². The minimum Gasteiger partial charge on any atom is -0.488 e. The lowest BCUT2D eigenvalue weighted by molar-refractivity contribution is 0.0536. The summed E-state index contributed by atoms with van der Waals surface area (Å²) < 4.78 is 29.4. The highest BCUT2D eigenvalue weighted by atomic mass is 19.1. The molecule has 5 heteroatoms. The number of nitrogens with one attached hydrogen (secondary N) is 1. The summed E-state index contributed by atoms with van der Waals surface area (Å²) in [4.78, 5) is 0. The standard InChI is InChI=1S/C15H24FNO3/c1-3-7-17-12-13-5-4-6-14(16)15(13)20-11-10-19-9-8-18-2/h4-6,17H,3,7-12H2,1-2H3. The van der Waals surface area contributed by atoms with Gasteiger partial charge in [-0.1, -0.05) is 19.1 Å². The van der Waals surface area contributed by atoms with E-state index in [1.54, 1.807) is 13.2 Å². The number of para-hydroxylation sites is 1. The fourth-order valence-electron chi connectivity index (χ4n) is 1.70. The molecular weight excluding hydrogens is 261 g/mol. The third-order valence-electron chi connectivity index (χ3n) is 2.70. The number of benzene rings is 1. The van der Waals surface area contributed by atoms with Crippen LogP contribution in [0.25, 0.3) is 0 Å². The molecule has 1 aromatic carbocycles. The largest absolute Gasteiger partial charge is 0.488 e. The minimum absolute atomic E-state index is 0.312. The number of hydrogen-bond donors (Lipinski definition) is 1. The van der Waals surface area contributed by atoms with Crippen molar-refractivity contribution in [2.45, 2.75) is 19.9 Å². The van der Waals surface area contributed by atoms with Crippen LogP contribution in [0.3, 0.4) is 0 Å². The van der Waals surface area contributed by atoms with Crippen molar-refractivity contribution >= 4 is 0 Å². The molecule has 1 aromatic rings. The Labute approximate surface area is 120 Å². The first kappa shape index (κ1) is 16.9. The highest BCUT2D eigenvalue weighted by Gasteiger charge is 2.09. The zero-order chi connectivity index (χ0) is 14.6. The van der Waals surface area contributed by atoms with E-state index in [0.717, 1.165) is 18.5 Å². The molecule has 0 fully saturated rings. The van der Waals surface area contributed by atoms with Gasteiger partial charge >= 0.3 is 0 Å². The third kappa shape index (κ3) is 6.32. The summed E-state index contributed by atoms with van der Waals surface area (Å²) in [6.07, 6.45) is 1.04. The SMILES string of the molecule is CCCNCc1cccc(F)c1OCCOCCOC. The zero-order valence-corrected chi connectivity index (χ0v) is 12.3. The summed E-state index contributed by atoms with van der Waals surface area (Å²) >= 11 is 0. The molecule has 114 valence electrons. The molecule has 0 saturated carbocycles. The lowest BCUT2D eigenvalue weighted by Gasteiger charge is -2.13. The highest BCUT2D eigenvalue weighted by Crippen LogP contribution is 2.22. The van der Waals surface area contributed by atoms with Gasteiger partial charge in [0.15, 0.2) is 11.6 Å². The van der Waals surface area contributed by atoms with Gasteiger partial charge in [-0.05, 0) is 19.0 Å². The first-order valence-electron chi connectivity index (χ1n) is 6.97. The molecule has 0 atom stereocenters. The molecule has 20 heavy (non-hydrogen) atoms. The van der Waals surface area contributed by atoms with Crippen LogP contribution in [0.2, 0.25) is 0 Å². The van der Waals surface area contributed by atoms with Crippen molar-refractivity contribution in [3.8, 4) is 5.75 Å². The van der Waals surface area contributed by atoms with E-state index in [1.807, 2.05) is 6.07 Å². The number of ether oxygens (including phenoxy) is 3. The molecule has 0 aromatic heterocycles. The average Bonchev–Trinajstić information content (AvgIpc) is 2.45. The van der Waals surface area contributed by atoms with Crippen molar-refractivity contribution in [2.75, 3.05) is 40.1 Å². The van der Waals surface area contributed by atoms with Gasteiger partial charge in [0.1, 0.15) is 6.61 Å². The van der Waals surface area contributed by atoms with Gasteiger partial charge in [0.25, 0.3) is 0 Å². The number of hydrogen-bond acceptors (Lipinski definition) is 4. The van der Waals surface area contributed by atoms with Gasteiger partial charge in [0, 0.05) is 19.2 Å². The molecule has 0 heterocycles. The first-order valence-corrected chi connectivity index (χ1v) is 6.97. The normalized spacial score (nSPS) is 10.8. The molecule has 0 bridgehead atoms. The molecule has 0 aliphatic heterocycles. The van der Waals surface area contributed by atoms with E-state index in [0.29, 0.717) is 38.7 Å². The predicted octanol–water partition coefficient (Wildman–Crippen LogP) is 2.37. The maximum atomic E-state index is 13.8. The Balaban J connectivity index is 2.41. The van der Waals surface area contributed by atoms with Gasteiger partial charge in [0.2, 0.25) is 0 Å². The van der Waals surface area contributed by atoms with Crippen LogP contribution < -0.4 is 10.1 Å². The topological polar surface area (TPSA) is 39.7 Å². The van der Waals surface area contributed by atoms with Gasteiger partial charge in [-0.15, -0.1) is 0 Å². The Kier molecular flexibility index (Phi) is 8.95. The lowest BCUT2D eigenvalue weighted by Crippen LogP contribution is -2.16. The molecule has 0 aliphatic rings. The predicted molar refractivity (Wildman–Crippen MR) is 76.6 cm³/mol. The second-order valence-corrected chi connectivity index (χ2v) is 4.36. The van der Waals surface area contributed by atoms with Gasteiger partial charge in [-0.2, -0.15) is 0 Å². The van der Waals surface area contributed by atoms with E-state index < -0.39 is 0 Å². The molecule has 0 saturated heterocycles. The molecule has 0 amide bonds. The van der Waals surface area contributed by atoms with Crippen LogP contribution in [0.15, 0.2) is 18.2 Å². The zero-order valence-electron chi connectivity index (χ0n) is 12.3. The fourth-order valence-corrected chi connectivity index (χ4v) is 1.70. The van der Waals surface area contributed by atoms with Crippen molar-refractivity contribution in [3.05, 3.63) is 29.6 Å². The molecule has 0 spiro atoms. The third-order valence-corrected chi connectivity index (χ3v) is 2.70. The summed E-state index contributed by atoms with van der Waals surface area (Å²) in [6.45, 7) is 5.40. The van der Waals surface area contributed by atoms with Crippen molar-refractivity contribution in [1.82, 2.24) is 5.32 Å². The van der Waals surface area contributed by atoms with Gasteiger partial charge < -0.3 is 19.5 Å². The highest BCUT2D eigenvalue weighted by molar-refractivity contribution is 5.34. The van der Waals surface area contributed by atoms with Crippen molar-refractivity contribution < 1.29 is 18.6 Å². The van der Waals surface area contributed by atoms with Gasteiger partial charge in [0.05, 0.1) is 19.8 Å². The Bertz CT molecular complexity index is 374. The molecule has 4 nitrogen and oxygen atoms in total. The summed E-state index contributed by atoms with van der Waals surface area (Å²) in [5.74, 6) is -0.0239. The molecule has 0 aliphatic carbocycles.